The number of carbonyl (C=O) groups is 2. The molecule has 0 atom stereocenters. The molecule has 0 bridgehead atoms. The van der Waals surface area contributed by atoms with Crippen LogP contribution in [0.2, 0.25) is 0 Å². The average molecular weight is 204 g/mol. The number of hydrogen-bond donors (Lipinski definition) is 2. The van der Waals surface area contributed by atoms with Gasteiger partial charge in [0, 0.05) is 13.1 Å². The molecule has 0 rings (SSSR count). The lowest BCUT2D eigenvalue weighted by Crippen LogP contribution is -2.40. The molecule has 0 unspecified atom stereocenters. The zero-order chi connectivity index (χ0) is 10.3. The van der Waals surface area contributed by atoms with Crippen LogP contribution in [-0.4, -0.2) is 42.1 Å². The van der Waals surface area contributed by atoms with Crippen molar-refractivity contribution in [2.45, 2.75) is 13.8 Å². The zero-order valence-electron chi connectivity index (χ0n) is 8.04. The topological polar surface area (TPSA) is 49.4 Å². The van der Waals surface area contributed by atoms with Crippen molar-refractivity contribution >= 4 is 24.4 Å². The minimum absolute atomic E-state index is 0.0554. The van der Waals surface area contributed by atoms with Crippen molar-refractivity contribution in [3.05, 3.63) is 0 Å². The number of amides is 2. The molecule has 0 aliphatic heterocycles. The SMILES string of the molecule is CCN(CC)C(=O)CNC(=O)CS. The summed E-state index contributed by atoms with van der Waals surface area (Å²) in [5.74, 6) is -0.158. The molecule has 0 heterocycles. The van der Waals surface area contributed by atoms with Gasteiger partial charge in [0.15, 0.2) is 0 Å². The minimum atomic E-state index is -0.219. The van der Waals surface area contributed by atoms with Gasteiger partial charge in [-0.05, 0) is 13.8 Å². The van der Waals surface area contributed by atoms with Crippen LogP contribution in [0, 0.1) is 0 Å². The highest BCUT2D eigenvalue weighted by Gasteiger charge is 2.09. The molecule has 0 aliphatic rings. The lowest BCUT2D eigenvalue weighted by atomic mass is 10.4. The highest BCUT2D eigenvalue weighted by molar-refractivity contribution is 7.81. The first kappa shape index (κ1) is 12.3. The number of hydrogen-bond acceptors (Lipinski definition) is 3. The van der Waals surface area contributed by atoms with Crippen LogP contribution in [0.5, 0.6) is 0 Å². The molecule has 0 saturated heterocycles. The molecule has 0 aliphatic carbocycles. The van der Waals surface area contributed by atoms with Crippen molar-refractivity contribution in [1.29, 1.82) is 0 Å². The Hall–Kier alpha value is -0.710. The molecule has 0 aromatic heterocycles. The monoisotopic (exact) mass is 204 g/mol. The van der Waals surface area contributed by atoms with Crippen LogP contribution in [-0.2, 0) is 9.59 Å². The molecule has 0 aromatic rings. The number of nitrogens with zero attached hydrogens (tertiary/aromatic N) is 1. The van der Waals surface area contributed by atoms with E-state index in [1.54, 1.807) is 4.90 Å². The largest absolute Gasteiger partial charge is 0.346 e. The van der Waals surface area contributed by atoms with E-state index in [1.165, 1.54) is 0 Å². The quantitative estimate of drug-likeness (QED) is 0.614. The van der Waals surface area contributed by atoms with Crippen molar-refractivity contribution < 1.29 is 9.59 Å². The van der Waals surface area contributed by atoms with E-state index >= 15 is 0 Å². The summed E-state index contributed by atoms with van der Waals surface area (Å²) in [5.41, 5.74) is 0. The summed E-state index contributed by atoms with van der Waals surface area (Å²) in [6.45, 7) is 5.23. The van der Waals surface area contributed by atoms with Gasteiger partial charge in [-0.15, -0.1) is 0 Å². The van der Waals surface area contributed by atoms with Crippen molar-refractivity contribution in [1.82, 2.24) is 10.2 Å². The molecule has 1 N–H and O–H groups in total. The van der Waals surface area contributed by atoms with Gasteiger partial charge in [0.05, 0.1) is 12.3 Å². The zero-order valence-corrected chi connectivity index (χ0v) is 8.93. The summed E-state index contributed by atoms with van der Waals surface area (Å²) in [6.07, 6.45) is 0. The van der Waals surface area contributed by atoms with E-state index in [0.717, 1.165) is 0 Å². The fourth-order valence-corrected chi connectivity index (χ4v) is 1.03. The third-order valence-corrected chi connectivity index (χ3v) is 1.98. The number of nitrogens with one attached hydrogen (secondary N) is 1. The highest BCUT2D eigenvalue weighted by atomic mass is 32.1. The molecule has 0 saturated carbocycles. The number of carbonyl (C=O) groups excluding carboxylic acids is 2. The van der Waals surface area contributed by atoms with Gasteiger partial charge in [0.1, 0.15) is 0 Å². The predicted molar refractivity (Wildman–Crippen MR) is 54.8 cm³/mol. The van der Waals surface area contributed by atoms with Gasteiger partial charge >= 0.3 is 0 Å². The summed E-state index contributed by atoms with van der Waals surface area (Å²) in [4.78, 5) is 23.7. The highest BCUT2D eigenvalue weighted by Crippen LogP contribution is 1.87. The van der Waals surface area contributed by atoms with Crippen molar-refractivity contribution in [2.24, 2.45) is 0 Å². The third kappa shape index (κ3) is 4.77. The van der Waals surface area contributed by atoms with E-state index in [0.29, 0.717) is 13.1 Å². The molecule has 0 spiro atoms. The lowest BCUT2D eigenvalue weighted by Gasteiger charge is -2.18. The van der Waals surface area contributed by atoms with E-state index in [-0.39, 0.29) is 24.1 Å². The van der Waals surface area contributed by atoms with Crippen LogP contribution in [0.4, 0.5) is 0 Å². The molecule has 0 radical (unpaired) electrons. The molecule has 2 amide bonds. The molecular formula is C8H16N2O2S. The van der Waals surface area contributed by atoms with E-state index in [4.69, 9.17) is 0 Å². The Kier molecular flexibility index (Phi) is 6.40. The summed E-state index contributed by atoms with van der Waals surface area (Å²) in [7, 11) is 0. The third-order valence-electron chi connectivity index (χ3n) is 1.70. The second-order valence-electron chi connectivity index (χ2n) is 2.50. The average Bonchev–Trinajstić information content (AvgIpc) is 2.16. The maximum Gasteiger partial charge on any atom is 0.241 e. The fourth-order valence-electron chi connectivity index (χ4n) is 0.918. The van der Waals surface area contributed by atoms with E-state index in [2.05, 4.69) is 17.9 Å². The van der Waals surface area contributed by atoms with Crippen LogP contribution < -0.4 is 5.32 Å². The number of rotatable bonds is 5. The van der Waals surface area contributed by atoms with Gasteiger partial charge in [0.25, 0.3) is 0 Å². The van der Waals surface area contributed by atoms with Gasteiger partial charge in [-0.1, -0.05) is 0 Å². The Bertz CT molecular complexity index is 181. The Morgan fingerprint density at radius 2 is 1.85 bits per heavy atom. The van der Waals surface area contributed by atoms with Crippen LogP contribution in [0.25, 0.3) is 0 Å². The maximum absolute atomic E-state index is 11.3. The maximum atomic E-state index is 11.3. The fraction of sp³-hybridized carbons (Fsp3) is 0.750. The van der Waals surface area contributed by atoms with Crippen LogP contribution in [0.3, 0.4) is 0 Å². The molecular weight excluding hydrogens is 188 g/mol. The summed E-state index contributed by atoms with van der Waals surface area (Å²) in [6, 6.07) is 0. The van der Waals surface area contributed by atoms with Crippen molar-refractivity contribution in [3.8, 4) is 0 Å². The number of thiol groups is 1. The molecule has 4 nitrogen and oxygen atoms in total. The summed E-state index contributed by atoms with van der Waals surface area (Å²) >= 11 is 3.78. The Morgan fingerprint density at radius 1 is 1.31 bits per heavy atom. The lowest BCUT2D eigenvalue weighted by molar-refractivity contribution is -0.132. The van der Waals surface area contributed by atoms with Gasteiger partial charge < -0.3 is 10.2 Å². The minimum Gasteiger partial charge on any atom is -0.346 e. The first-order valence-corrected chi connectivity index (χ1v) is 4.94. The second-order valence-corrected chi connectivity index (χ2v) is 2.82. The van der Waals surface area contributed by atoms with Gasteiger partial charge in [0.2, 0.25) is 11.8 Å². The molecule has 76 valence electrons. The van der Waals surface area contributed by atoms with Crippen LogP contribution in [0.1, 0.15) is 13.8 Å². The summed E-state index contributed by atoms with van der Waals surface area (Å²) < 4.78 is 0. The Balaban J connectivity index is 3.79. The Morgan fingerprint density at radius 3 is 2.23 bits per heavy atom. The molecule has 0 aromatic carbocycles. The molecule has 13 heavy (non-hydrogen) atoms. The van der Waals surface area contributed by atoms with Crippen LogP contribution in [0.15, 0.2) is 0 Å². The van der Waals surface area contributed by atoms with Crippen molar-refractivity contribution in [3.63, 3.8) is 0 Å². The van der Waals surface area contributed by atoms with Gasteiger partial charge in [-0.3, -0.25) is 9.59 Å². The molecule has 5 heteroatoms. The smallest absolute Gasteiger partial charge is 0.241 e. The van der Waals surface area contributed by atoms with E-state index in [9.17, 15) is 9.59 Å². The first-order valence-electron chi connectivity index (χ1n) is 4.31. The first-order chi connectivity index (χ1) is 6.15. The molecule has 0 fully saturated rings. The summed E-state index contributed by atoms with van der Waals surface area (Å²) in [5, 5.41) is 2.47. The number of likely N-dealkylation sites (N-methyl/N-ethyl adjacent to an activating group) is 1. The van der Waals surface area contributed by atoms with Crippen molar-refractivity contribution in [2.75, 3.05) is 25.4 Å². The second kappa shape index (κ2) is 6.77. The normalized spacial score (nSPS) is 9.46. The van der Waals surface area contributed by atoms with E-state index < -0.39 is 0 Å². The van der Waals surface area contributed by atoms with Gasteiger partial charge in [-0.25, -0.2) is 0 Å². The Labute approximate surface area is 84.1 Å². The van der Waals surface area contributed by atoms with Crippen LogP contribution >= 0.6 is 12.6 Å². The van der Waals surface area contributed by atoms with E-state index in [1.807, 2.05) is 13.8 Å². The predicted octanol–water partition coefficient (Wildman–Crippen LogP) is -0.0992. The van der Waals surface area contributed by atoms with Gasteiger partial charge in [-0.2, -0.15) is 12.6 Å². The standard InChI is InChI=1S/C8H16N2O2S/c1-3-10(4-2)8(12)5-9-7(11)6-13/h13H,3-6H2,1-2H3,(H,9,11).